The number of ketones is 1. The number of methoxy groups -OCH3 is 1. The van der Waals surface area contributed by atoms with Crippen LogP contribution >= 0.6 is 0 Å². The van der Waals surface area contributed by atoms with E-state index in [9.17, 15) is 14.0 Å². The molecule has 0 spiro atoms. The van der Waals surface area contributed by atoms with E-state index < -0.39 is 11.8 Å². The number of carbonyl (C=O) groups is 2. The van der Waals surface area contributed by atoms with Crippen LogP contribution in [0.3, 0.4) is 0 Å². The number of hydrogen-bond donors (Lipinski definition) is 1. The first-order chi connectivity index (χ1) is 8.45. The number of rotatable bonds is 4. The molecule has 0 saturated carbocycles. The number of hydrogen-bond acceptors (Lipinski definition) is 4. The highest BCUT2D eigenvalue weighted by Gasteiger charge is 2.19. The smallest absolute Gasteiger partial charge is 0.343 e. The Bertz CT molecular complexity index is 491. The topological polar surface area (TPSA) is 69.4 Å². The van der Waals surface area contributed by atoms with Crippen molar-refractivity contribution in [1.82, 2.24) is 0 Å². The molecular weight excluding hydrogens is 237 g/mol. The van der Waals surface area contributed by atoms with E-state index in [2.05, 4.69) is 4.74 Å². The van der Waals surface area contributed by atoms with E-state index in [0.29, 0.717) is 5.56 Å². The maximum atomic E-state index is 12.7. The zero-order chi connectivity index (χ0) is 13.7. The molecule has 0 amide bonds. The van der Waals surface area contributed by atoms with Gasteiger partial charge in [-0.25, -0.2) is 9.18 Å². The molecule has 0 atom stereocenters. The van der Waals surface area contributed by atoms with Gasteiger partial charge in [0.15, 0.2) is 5.78 Å². The van der Waals surface area contributed by atoms with E-state index in [1.807, 2.05) is 0 Å². The number of Topliss-reactive ketones (excluding diaryl/α,β-unsaturated/α-hetero) is 1. The first-order valence-electron chi connectivity index (χ1n) is 5.28. The minimum Gasteiger partial charge on any atom is -0.465 e. The van der Waals surface area contributed by atoms with Gasteiger partial charge in [-0.3, -0.25) is 4.79 Å². The van der Waals surface area contributed by atoms with Crippen LogP contribution in [0.15, 0.2) is 35.5 Å². The fraction of sp³-hybridized carbons (Fsp3) is 0.231. The van der Waals surface area contributed by atoms with Crippen LogP contribution in [-0.4, -0.2) is 18.9 Å². The number of benzene rings is 1. The number of allylic oxidation sites excluding steroid dienone is 1. The molecule has 0 fully saturated rings. The van der Waals surface area contributed by atoms with Crippen molar-refractivity contribution in [3.63, 3.8) is 0 Å². The zero-order valence-electron chi connectivity index (χ0n) is 10.2. The van der Waals surface area contributed by atoms with Gasteiger partial charge < -0.3 is 10.5 Å². The lowest BCUT2D eigenvalue weighted by Crippen LogP contribution is -2.19. The van der Waals surface area contributed by atoms with Gasteiger partial charge in [0.2, 0.25) is 0 Å². The van der Waals surface area contributed by atoms with Gasteiger partial charge in [-0.05, 0) is 24.6 Å². The Morgan fingerprint density at radius 3 is 2.28 bits per heavy atom. The molecule has 0 bridgehead atoms. The zero-order valence-corrected chi connectivity index (χ0v) is 10.2. The van der Waals surface area contributed by atoms with E-state index in [1.165, 1.54) is 38.3 Å². The van der Waals surface area contributed by atoms with Crippen molar-refractivity contribution in [3.05, 3.63) is 46.9 Å². The van der Waals surface area contributed by atoms with Crippen molar-refractivity contribution in [2.24, 2.45) is 5.73 Å². The van der Waals surface area contributed by atoms with Crippen molar-refractivity contribution in [1.29, 1.82) is 0 Å². The SMILES string of the molecule is COC(=O)C(C(C)=O)=C(N)Cc1ccc(F)cc1. The summed E-state index contributed by atoms with van der Waals surface area (Å²) < 4.78 is 17.2. The second-order valence-corrected chi connectivity index (χ2v) is 3.75. The average Bonchev–Trinajstić information content (AvgIpc) is 2.31. The standard InChI is InChI=1S/C13H14FNO3/c1-8(16)12(13(17)18-2)11(15)7-9-3-5-10(14)6-4-9/h3-6H,7,15H2,1-2H3. The Balaban J connectivity index is 3.02. The fourth-order valence-electron chi connectivity index (χ4n) is 1.51. The second kappa shape index (κ2) is 5.95. The lowest BCUT2D eigenvalue weighted by atomic mass is 10.0. The fourth-order valence-corrected chi connectivity index (χ4v) is 1.51. The summed E-state index contributed by atoms with van der Waals surface area (Å²) in [5.74, 6) is -1.58. The van der Waals surface area contributed by atoms with Crippen LogP contribution in [0.1, 0.15) is 12.5 Å². The van der Waals surface area contributed by atoms with Crippen LogP contribution in [0.4, 0.5) is 4.39 Å². The molecule has 5 heteroatoms. The third-order valence-electron chi connectivity index (χ3n) is 2.37. The third kappa shape index (κ3) is 3.41. The molecule has 0 aromatic heterocycles. The molecule has 18 heavy (non-hydrogen) atoms. The van der Waals surface area contributed by atoms with Gasteiger partial charge in [0, 0.05) is 12.1 Å². The van der Waals surface area contributed by atoms with Crippen LogP contribution in [-0.2, 0) is 20.7 Å². The molecule has 1 aromatic carbocycles. The summed E-state index contributed by atoms with van der Waals surface area (Å²) in [6.07, 6.45) is 0.185. The van der Waals surface area contributed by atoms with Crippen LogP contribution in [0.25, 0.3) is 0 Å². The Morgan fingerprint density at radius 2 is 1.83 bits per heavy atom. The predicted octanol–water partition coefficient (Wildman–Crippen LogP) is 1.34. The first-order valence-corrected chi connectivity index (χ1v) is 5.28. The molecule has 4 nitrogen and oxygen atoms in total. The van der Waals surface area contributed by atoms with E-state index in [-0.39, 0.29) is 23.5 Å². The van der Waals surface area contributed by atoms with Crippen molar-refractivity contribution >= 4 is 11.8 Å². The normalized spacial score (nSPS) is 11.7. The summed E-state index contributed by atoms with van der Waals surface area (Å²) in [5, 5.41) is 0. The molecular formula is C13H14FNO3. The maximum absolute atomic E-state index is 12.7. The van der Waals surface area contributed by atoms with Gasteiger partial charge in [0.1, 0.15) is 11.4 Å². The van der Waals surface area contributed by atoms with E-state index >= 15 is 0 Å². The van der Waals surface area contributed by atoms with Gasteiger partial charge in [-0.1, -0.05) is 12.1 Å². The molecule has 0 saturated heterocycles. The largest absolute Gasteiger partial charge is 0.465 e. The van der Waals surface area contributed by atoms with E-state index in [0.717, 1.165) is 0 Å². The summed E-state index contributed by atoms with van der Waals surface area (Å²) in [6, 6.07) is 5.65. The van der Waals surface area contributed by atoms with Crippen LogP contribution < -0.4 is 5.73 Å². The van der Waals surface area contributed by atoms with Crippen molar-refractivity contribution < 1.29 is 18.7 Å². The van der Waals surface area contributed by atoms with E-state index in [4.69, 9.17) is 5.73 Å². The number of ether oxygens (including phenoxy) is 1. The monoisotopic (exact) mass is 251 g/mol. The Hall–Kier alpha value is -2.17. The molecule has 0 radical (unpaired) electrons. The number of esters is 1. The second-order valence-electron chi connectivity index (χ2n) is 3.75. The van der Waals surface area contributed by atoms with Crippen molar-refractivity contribution in [3.8, 4) is 0 Å². The minimum absolute atomic E-state index is 0.112. The molecule has 0 unspecified atom stereocenters. The number of carbonyl (C=O) groups excluding carboxylic acids is 2. The van der Waals surface area contributed by atoms with Crippen LogP contribution in [0.2, 0.25) is 0 Å². The number of halogens is 1. The summed E-state index contributed by atoms with van der Waals surface area (Å²) in [4.78, 5) is 22.7. The summed E-state index contributed by atoms with van der Waals surface area (Å²) in [7, 11) is 1.18. The maximum Gasteiger partial charge on any atom is 0.343 e. The minimum atomic E-state index is -0.762. The van der Waals surface area contributed by atoms with Crippen LogP contribution in [0.5, 0.6) is 0 Å². The molecule has 1 rings (SSSR count). The molecule has 0 aliphatic carbocycles. The molecule has 2 N–H and O–H groups in total. The Morgan fingerprint density at radius 1 is 1.28 bits per heavy atom. The highest BCUT2D eigenvalue weighted by Crippen LogP contribution is 2.11. The predicted molar refractivity (Wildman–Crippen MR) is 64.0 cm³/mol. The Kier molecular flexibility index (Phi) is 4.59. The highest BCUT2D eigenvalue weighted by molar-refractivity contribution is 6.16. The molecule has 1 aromatic rings. The summed E-state index contributed by atoms with van der Waals surface area (Å²) in [6.45, 7) is 1.24. The van der Waals surface area contributed by atoms with Gasteiger partial charge in [-0.15, -0.1) is 0 Å². The number of nitrogens with two attached hydrogens (primary N) is 1. The lowest BCUT2D eigenvalue weighted by molar-refractivity contribution is -0.137. The van der Waals surface area contributed by atoms with Gasteiger partial charge in [-0.2, -0.15) is 0 Å². The molecule has 0 heterocycles. The summed E-state index contributed by atoms with van der Waals surface area (Å²) in [5.41, 5.74) is 6.38. The van der Waals surface area contributed by atoms with E-state index in [1.54, 1.807) is 0 Å². The Labute approximate surface area is 104 Å². The molecule has 96 valence electrons. The lowest BCUT2D eigenvalue weighted by Gasteiger charge is -2.07. The van der Waals surface area contributed by atoms with Crippen LogP contribution in [0, 0.1) is 5.82 Å². The summed E-state index contributed by atoms with van der Waals surface area (Å²) >= 11 is 0. The van der Waals surface area contributed by atoms with Crippen molar-refractivity contribution in [2.45, 2.75) is 13.3 Å². The van der Waals surface area contributed by atoms with Gasteiger partial charge >= 0.3 is 5.97 Å². The molecule has 0 aliphatic rings. The molecule has 0 aliphatic heterocycles. The van der Waals surface area contributed by atoms with Crippen molar-refractivity contribution in [2.75, 3.05) is 7.11 Å². The first kappa shape index (κ1) is 13.9. The third-order valence-corrected chi connectivity index (χ3v) is 2.37. The average molecular weight is 251 g/mol. The van der Waals surface area contributed by atoms with Gasteiger partial charge in [0.25, 0.3) is 0 Å². The quantitative estimate of drug-likeness (QED) is 0.379. The highest BCUT2D eigenvalue weighted by atomic mass is 19.1. The van der Waals surface area contributed by atoms with Gasteiger partial charge in [0.05, 0.1) is 7.11 Å².